The molecule has 0 bridgehead atoms. The molecule has 0 amide bonds. The average Bonchev–Trinajstić information content (AvgIpc) is 2.25. The normalized spacial score (nSPS) is 14.0. The highest BCUT2D eigenvalue weighted by Crippen LogP contribution is 2.20. The number of halogens is 1. The summed E-state index contributed by atoms with van der Waals surface area (Å²) >= 11 is 1.97. The molecule has 0 saturated heterocycles. The van der Waals surface area contributed by atoms with E-state index in [0.29, 0.717) is 16.0 Å². The van der Waals surface area contributed by atoms with Gasteiger partial charge >= 0.3 is 0 Å². The third-order valence-electron chi connectivity index (χ3n) is 1.86. The fraction of sp³-hybridized carbons (Fsp3) is 0.455. The van der Waals surface area contributed by atoms with Crippen molar-refractivity contribution in [1.29, 1.82) is 0 Å². The molecule has 1 atom stereocenters. The Morgan fingerprint density at radius 2 is 2.12 bits per heavy atom. The van der Waals surface area contributed by atoms with E-state index in [0.717, 1.165) is 0 Å². The number of rotatable bonds is 3. The SMILES string of the molecule is COc1nc(Br)ccc1C=N[S@+]([O-])C(C)(C)C. The van der Waals surface area contributed by atoms with E-state index in [-0.39, 0.29) is 4.75 Å². The fourth-order valence-electron chi connectivity index (χ4n) is 0.953. The van der Waals surface area contributed by atoms with Crippen molar-refractivity contribution in [3.05, 3.63) is 22.3 Å². The molecule has 0 unspecified atom stereocenters. The summed E-state index contributed by atoms with van der Waals surface area (Å²) < 4.78 is 21.2. The lowest BCUT2D eigenvalue weighted by Crippen LogP contribution is -2.25. The van der Waals surface area contributed by atoms with Crippen LogP contribution in [0.1, 0.15) is 26.3 Å². The molecule has 0 aromatic carbocycles. The molecule has 0 aliphatic carbocycles. The first kappa shape index (κ1) is 14.5. The molecule has 0 spiro atoms. The minimum atomic E-state index is -1.28. The van der Waals surface area contributed by atoms with Crippen LogP contribution in [0.4, 0.5) is 0 Å². The molecule has 1 aromatic rings. The van der Waals surface area contributed by atoms with Crippen molar-refractivity contribution in [3.8, 4) is 5.88 Å². The minimum Gasteiger partial charge on any atom is -0.591 e. The van der Waals surface area contributed by atoms with Gasteiger partial charge in [-0.1, -0.05) is 4.40 Å². The Morgan fingerprint density at radius 1 is 1.47 bits per heavy atom. The van der Waals surface area contributed by atoms with E-state index in [1.165, 1.54) is 13.3 Å². The van der Waals surface area contributed by atoms with Crippen LogP contribution in [0.3, 0.4) is 0 Å². The lowest BCUT2D eigenvalue weighted by Gasteiger charge is -2.17. The van der Waals surface area contributed by atoms with E-state index in [9.17, 15) is 4.55 Å². The van der Waals surface area contributed by atoms with Gasteiger partial charge in [0.2, 0.25) is 5.88 Å². The molecule has 0 aliphatic rings. The zero-order chi connectivity index (χ0) is 13.1. The van der Waals surface area contributed by atoms with Crippen LogP contribution >= 0.6 is 15.9 Å². The quantitative estimate of drug-likeness (QED) is 0.489. The van der Waals surface area contributed by atoms with Gasteiger partial charge in [-0.15, -0.1) is 0 Å². The first-order valence-electron chi connectivity index (χ1n) is 5.01. The van der Waals surface area contributed by atoms with Crippen molar-refractivity contribution in [2.24, 2.45) is 4.40 Å². The zero-order valence-corrected chi connectivity index (χ0v) is 12.6. The zero-order valence-electron chi connectivity index (χ0n) is 10.2. The van der Waals surface area contributed by atoms with Crippen LogP contribution in [-0.4, -0.2) is 27.6 Å². The third kappa shape index (κ3) is 4.29. The van der Waals surface area contributed by atoms with Gasteiger partial charge in [0.15, 0.2) is 0 Å². The molecule has 0 fully saturated rings. The van der Waals surface area contributed by atoms with E-state index in [1.54, 1.807) is 12.1 Å². The Kier molecular flexibility index (Phi) is 4.97. The third-order valence-corrected chi connectivity index (χ3v) is 3.65. The van der Waals surface area contributed by atoms with Gasteiger partial charge in [-0.05, 0) is 48.8 Å². The molecule has 0 aliphatic heterocycles. The predicted molar refractivity (Wildman–Crippen MR) is 74.0 cm³/mol. The molecule has 17 heavy (non-hydrogen) atoms. The molecule has 0 radical (unpaired) electrons. The highest BCUT2D eigenvalue weighted by molar-refractivity contribution is 9.10. The van der Waals surface area contributed by atoms with Crippen molar-refractivity contribution < 1.29 is 9.29 Å². The van der Waals surface area contributed by atoms with Crippen molar-refractivity contribution in [2.75, 3.05) is 7.11 Å². The second-order valence-corrected chi connectivity index (χ2v) is 7.07. The van der Waals surface area contributed by atoms with E-state index in [4.69, 9.17) is 4.74 Å². The number of methoxy groups -OCH3 is 1. The Morgan fingerprint density at radius 3 is 2.65 bits per heavy atom. The molecular weight excluding hydrogens is 304 g/mol. The van der Waals surface area contributed by atoms with E-state index >= 15 is 0 Å². The van der Waals surface area contributed by atoms with Gasteiger partial charge < -0.3 is 9.29 Å². The summed E-state index contributed by atoms with van der Waals surface area (Å²) in [7, 11) is 1.53. The largest absolute Gasteiger partial charge is 0.591 e. The van der Waals surface area contributed by atoms with Crippen LogP contribution in [0, 0.1) is 0 Å². The predicted octanol–water partition coefficient (Wildman–Crippen LogP) is 2.73. The highest BCUT2D eigenvalue weighted by Gasteiger charge is 2.25. The van der Waals surface area contributed by atoms with E-state index in [1.807, 2.05) is 20.8 Å². The van der Waals surface area contributed by atoms with Gasteiger partial charge in [0.05, 0.1) is 18.9 Å². The van der Waals surface area contributed by atoms with Crippen LogP contribution < -0.4 is 4.74 Å². The molecule has 1 rings (SSSR count). The molecule has 1 aromatic heterocycles. The average molecular weight is 319 g/mol. The number of pyridine rings is 1. The van der Waals surface area contributed by atoms with Gasteiger partial charge in [0.25, 0.3) is 0 Å². The number of aromatic nitrogens is 1. The number of hydrogen-bond acceptors (Lipinski definition) is 4. The Hall–Kier alpha value is -0.590. The van der Waals surface area contributed by atoms with E-state index < -0.39 is 11.4 Å². The monoisotopic (exact) mass is 318 g/mol. The lowest BCUT2D eigenvalue weighted by molar-refractivity contribution is 0.396. The second-order valence-electron chi connectivity index (χ2n) is 4.33. The second kappa shape index (κ2) is 5.84. The molecule has 0 saturated carbocycles. The molecular formula is C11H15BrN2O2S. The highest BCUT2D eigenvalue weighted by atomic mass is 79.9. The van der Waals surface area contributed by atoms with Gasteiger partial charge in [0, 0.05) is 0 Å². The molecule has 94 valence electrons. The standard InChI is InChI=1S/C11H15BrN2O2S/c1-11(2,3)17(15)13-7-8-5-6-9(12)14-10(8)16-4/h5-7H,1-4H3/t17-/m1/s1. The number of nitrogens with zero attached hydrogens (tertiary/aromatic N) is 2. The summed E-state index contributed by atoms with van der Waals surface area (Å²) in [6.45, 7) is 5.62. The first-order valence-corrected chi connectivity index (χ1v) is 6.91. The van der Waals surface area contributed by atoms with Gasteiger partial charge in [-0.2, -0.15) is 0 Å². The fourth-order valence-corrected chi connectivity index (χ4v) is 1.77. The van der Waals surface area contributed by atoms with Gasteiger partial charge in [-0.25, -0.2) is 4.98 Å². The summed E-state index contributed by atoms with van der Waals surface area (Å²) in [5.41, 5.74) is 0.702. The summed E-state index contributed by atoms with van der Waals surface area (Å²) in [6.07, 6.45) is 1.53. The van der Waals surface area contributed by atoms with Crippen LogP contribution in [0.2, 0.25) is 0 Å². The molecule has 1 heterocycles. The number of hydrogen-bond donors (Lipinski definition) is 0. The smallest absolute Gasteiger partial charge is 0.223 e. The van der Waals surface area contributed by atoms with Crippen molar-refractivity contribution in [2.45, 2.75) is 25.5 Å². The van der Waals surface area contributed by atoms with Crippen LogP contribution in [0.15, 0.2) is 21.1 Å². The molecule has 6 heteroatoms. The summed E-state index contributed by atoms with van der Waals surface area (Å²) in [5, 5.41) is 0. The van der Waals surface area contributed by atoms with Crippen molar-refractivity contribution in [3.63, 3.8) is 0 Å². The maximum Gasteiger partial charge on any atom is 0.223 e. The minimum absolute atomic E-state index is 0.369. The summed E-state index contributed by atoms with van der Waals surface area (Å²) in [4.78, 5) is 4.14. The molecule has 0 N–H and O–H groups in total. The topological polar surface area (TPSA) is 57.5 Å². The maximum atomic E-state index is 11.7. The summed E-state index contributed by atoms with van der Waals surface area (Å²) in [5.74, 6) is 0.453. The number of ether oxygens (including phenoxy) is 1. The van der Waals surface area contributed by atoms with Gasteiger partial charge in [-0.3, -0.25) is 0 Å². The van der Waals surface area contributed by atoms with Crippen LogP contribution in [0.25, 0.3) is 0 Å². The Labute approximate surface area is 113 Å². The first-order chi connectivity index (χ1) is 7.84. The maximum absolute atomic E-state index is 11.7. The van der Waals surface area contributed by atoms with Gasteiger partial charge in [0.1, 0.15) is 20.7 Å². The summed E-state index contributed by atoms with van der Waals surface area (Å²) in [6, 6.07) is 3.59. The van der Waals surface area contributed by atoms with Crippen molar-refractivity contribution in [1.82, 2.24) is 4.98 Å². The van der Waals surface area contributed by atoms with E-state index in [2.05, 4.69) is 25.3 Å². The molecule has 4 nitrogen and oxygen atoms in total. The van der Waals surface area contributed by atoms with Crippen molar-refractivity contribution >= 4 is 33.5 Å². The van der Waals surface area contributed by atoms with Crippen LogP contribution in [-0.2, 0) is 11.4 Å². The Bertz CT molecular complexity index is 418. The Balaban J connectivity index is 2.92. The lowest BCUT2D eigenvalue weighted by atomic mass is 10.3. The van der Waals surface area contributed by atoms with Crippen LogP contribution in [0.5, 0.6) is 5.88 Å².